The minimum Gasteiger partial charge on any atom is -0.392 e. The van der Waals surface area contributed by atoms with Crippen LogP contribution in [0.4, 0.5) is 5.82 Å². The SMILES string of the molecule is C=CCC[C@H](O)CN1CCN(c2ccnc(C)n2)CC1. The maximum atomic E-state index is 9.93. The van der Waals surface area contributed by atoms with E-state index in [0.29, 0.717) is 0 Å². The van der Waals surface area contributed by atoms with Gasteiger partial charge < -0.3 is 10.0 Å². The molecule has 2 rings (SSSR count). The average Bonchev–Trinajstić information content (AvgIpc) is 2.46. The molecule has 5 heteroatoms. The van der Waals surface area contributed by atoms with E-state index in [1.165, 1.54) is 0 Å². The lowest BCUT2D eigenvalue weighted by Crippen LogP contribution is -2.48. The molecule has 0 unspecified atom stereocenters. The number of aromatic nitrogens is 2. The van der Waals surface area contributed by atoms with Gasteiger partial charge in [-0.05, 0) is 25.8 Å². The number of piperazine rings is 1. The largest absolute Gasteiger partial charge is 0.392 e. The summed E-state index contributed by atoms with van der Waals surface area (Å²) in [5, 5.41) is 9.93. The Morgan fingerprint density at radius 3 is 2.80 bits per heavy atom. The fourth-order valence-corrected chi connectivity index (χ4v) is 2.48. The number of allylic oxidation sites excluding steroid dienone is 1. The first-order valence-electron chi connectivity index (χ1n) is 7.25. The Morgan fingerprint density at radius 1 is 1.40 bits per heavy atom. The third kappa shape index (κ3) is 4.28. The molecule has 0 saturated carbocycles. The lowest BCUT2D eigenvalue weighted by molar-refractivity contribution is 0.103. The van der Waals surface area contributed by atoms with Gasteiger partial charge in [0.1, 0.15) is 11.6 Å². The smallest absolute Gasteiger partial charge is 0.132 e. The van der Waals surface area contributed by atoms with Crippen LogP contribution in [0.25, 0.3) is 0 Å². The van der Waals surface area contributed by atoms with Gasteiger partial charge in [-0.1, -0.05) is 6.08 Å². The summed E-state index contributed by atoms with van der Waals surface area (Å²) in [6, 6.07) is 1.96. The molecule has 0 aliphatic carbocycles. The highest BCUT2D eigenvalue weighted by Crippen LogP contribution is 2.13. The summed E-state index contributed by atoms with van der Waals surface area (Å²) >= 11 is 0. The van der Waals surface area contributed by atoms with E-state index in [4.69, 9.17) is 0 Å². The molecule has 1 aromatic heterocycles. The van der Waals surface area contributed by atoms with Crippen molar-refractivity contribution >= 4 is 5.82 Å². The minimum absolute atomic E-state index is 0.249. The number of nitrogens with zero attached hydrogens (tertiary/aromatic N) is 4. The second-order valence-corrected chi connectivity index (χ2v) is 5.27. The summed E-state index contributed by atoms with van der Waals surface area (Å²) in [5.41, 5.74) is 0. The second kappa shape index (κ2) is 7.36. The van der Waals surface area contributed by atoms with Crippen molar-refractivity contribution < 1.29 is 5.11 Å². The summed E-state index contributed by atoms with van der Waals surface area (Å²) in [6.45, 7) is 10.2. The molecule has 1 aliphatic rings. The Bertz CT molecular complexity index is 430. The zero-order chi connectivity index (χ0) is 14.4. The lowest BCUT2D eigenvalue weighted by atomic mass is 10.1. The Labute approximate surface area is 121 Å². The Morgan fingerprint density at radius 2 is 2.15 bits per heavy atom. The molecule has 1 atom stereocenters. The predicted molar refractivity (Wildman–Crippen MR) is 80.9 cm³/mol. The summed E-state index contributed by atoms with van der Waals surface area (Å²) < 4.78 is 0. The van der Waals surface area contributed by atoms with Crippen molar-refractivity contribution in [3.8, 4) is 0 Å². The number of hydrogen-bond acceptors (Lipinski definition) is 5. The van der Waals surface area contributed by atoms with Gasteiger partial charge in [-0.25, -0.2) is 9.97 Å². The Hall–Kier alpha value is -1.46. The van der Waals surface area contributed by atoms with E-state index in [2.05, 4.69) is 26.3 Å². The van der Waals surface area contributed by atoms with Gasteiger partial charge in [0.25, 0.3) is 0 Å². The van der Waals surface area contributed by atoms with Crippen LogP contribution < -0.4 is 4.90 Å². The molecule has 0 amide bonds. The van der Waals surface area contributed by atoms with Crippen LogP contribution in [-0.4, -0.2) is 58.8 Å². The maximum Gasteiger partial charge on any atom is 0.132 e. The number of anilines is 1. The number of aryl methyl sites for hydroxylation is 1. The first-order chi connectivity index (χ1) is 9.69. The summed E-state index contributed by atoms with van der Waals surface area (Å²) in [5.74, 6) is 1.81. The monoisotopic (exact) mass is 276 g/mol. The van der Waals surface area contributed by atoms with E-state index < -0.39 is 0 Å². The normalized spacial score (nSPS) is 18.0. The van der Waals surface area contributed by atoms with Crippen molar-refractivity contribution in [2.75, 3.05) is 37.6 Å². The molecule has 2 heterocycles. The summed E-state index contributed by atoms with van der Waals surface area (Å²) in [6.07, 6.45) is 5.10. The third-order valence-corrected chi connectivity index (χ3v) is 3.63. The van der Waals surface area contributed by atoms with Gasteiger partial charge in [0, 0.05) is 38.9 Å². The van der Waals surface area contributed by atoms with Crippen molar-refractivity contribution in [3.05, 3.63) is 30.7 Å². The van der Waals surface area contributed by atoms with Crippen LogP contribution in [0, 0.1) is 6.92 Å². The molecule has 1 aromatic rings. The van der Waals surface area contributed by atoms with Crippen LogP contribution in [0.3, 0.4) is 0 Å². The van der Waals surface area contributed by atoms with Crippen LogP contribution >= 0.6 is 0 Å². The van der Waals surface area contributed by atoms with E-state index >= 15 is 0 Å². The van der Waals surface area contributed by atoms with Gasteiger partial charge in [-0.15, -0.1) is 6.58 Å². The molecule has 1 saturated heterocycles. The molecular formula is C15H24N4O. The molecule has 1 N–H and O–H groups in total. The number of aliphatic hydroxyl groups is 1. The number of hydrogen-bond donors (Lipinski definition) is 1. The first-order valence-corrected chi connectivity index (χ1v) is 7.25. The molecule has 20 heavy (non-hydrogen) atoms. The molecule has 0 aromatic carbocycles. The zero-order valence-electron chi connectivity index (χ0n) is 12.2. The van der Waals surface area contributed by atoms with Gasteiger partial charge in [0.05, 0.1) is 6.10 Å². The van der Waals surface area contributed by atoms with E-state index in [1.54, 1.807) is 0 Å². The highest BCUT2D eigenvalue weighted by molar-refractivity contribution is 5.37. The van der Waals surface area contributed by atoms with E-state index in [0.717, 1.165) is 57.2 Å². The molecule has 1 aliphatic heterocycles. The van der Waals surface area contributed by atoms with Crippen LogP contribution in [0.5, 0.6) is 0 Å². The Kier molecular flexibility index (Phi) is 5.49. The van der Waals surface area contributed by atoms with Crippen molar-refractivity contribution in [3.63, 3.8) is 0 Å². The third-order valence-electron chi connectivity index (χ3n) is 3.63. The highest BCUT2D eigenvalue weighted by atomic mass is 16.3. The van der Waals surface area contributed by atoms with Crippen LogP contribution in [0.15, 0.2) is 24.9 Å². The van der Waals surface area contributed by atoms with E-state index in [-0.39, 0.29) is 6.10 Å². The molecular weight excluding hydrogens is 252 g/mol. The number of aliphatic hydroxyl groups excluding tert-OH is 1. The van der Waals surface area contributed by atoms with Gasteiger partial charge in [-0.3, -0.25) is 4.90 Å². The molecule has 110 valence electrons. The predicted octanol–water partition coefficient (Wildman–Crippen LogP) is 1.23. The Balaban J connectivity index is 1.79. The molecule has 5 nitrogen and oxygen atoms in total. The quantitative estimate of drug-likeness (QED) is 0.792. The molecule has 0 spiro atoms. The van der Waals surface area contributed by atoms with Crippen LogP contribution in [-0.2, 0) is 0 Å². The highest BCUT2D eigenvalue weighted by Gasteiger charge is 2.19. The van der Waals surface area contributed by atoms with Crippen LogP contribution in [0.2, 0.25) is 0 Å². The fraction of sp³-hybridized carbons (Fsp3) is 0.600. The zero-order valence-corrected chi connectivity index (χ0v) is 12.2. The van der Waals surface area contributed by atoms with Gasteiger partial charge in [0.15, 0.2) is 0 Å². The fourth-order valence-electron chi connectivity index (χ4n) is 2.48. The van der Waals surface area contributed by atoms with E-state index in [9.17, 15) is 5.11 Å². The number of rotatable bonds is 6. The average molecular weight is 276 g/mol. The van der Waals surface area contributed by atoms with Gasteiger partial charge in [0.2, 0.25) is 0 Å². The minimum atomic E-state index is -0.249. The van der Waals surface area contributed by atoms with E-state index in [1.807, 2.05) is 25.3 Å². The summed E-state index contributed by atoms with van der Waals surface area (Å²) in [7, 11) is 0. The van der Waals surface area contributed by atoms with Crippen molar-refractivity contribution in [1.29, 1.82) is 0 Å². The maximum absolute atomic E-state index is 9.93. The molecule has 0 bridgehead atoms. The topological polar surface area (TPSA) is 52.5 Å². The standard InChI is InChI=1S/C15H24N4O/c1-3-4-5-14(20)12-18-8-10-19(11-9-18)15-6-7-16-13(2)17-15/h3,6-7,14,20H,1,4-5,8-12H2,2H3/t14-/m0/s1. The van der Waals surface area contributed by atoms with Gasteiger partial charge >= 0.3 is 0 Å². The van der Waals surface area contributed by atoms with Crippen molar-refractivity contribution in [2.45, 2.75) is 25.9 Å². The first kappa shape index (κ1) is 14.9. The summed E-state index contributed by atoms with van der Waals surface area (Å²) in [4.78, 5) is 13.2. The lowest BCUT2D eigenvalue weighted by Gasteiger charge is -2.36. The number of β-amino-alcohol motifs (C(OH)–C–C–N with tert-alkyl or cyclic N) is 1. The van der Waals surface area contributed by atoms with Crippen LogP contribution in [0.1, 0.15) is 18.7 Å². The van der Waals surface area contributed by atoms with Gasteiger partial charge in [-0.2, -0.15) is 0 Å². The molecule has 0 radical (unpaired) electrons. The van der Waals surface area contributed by atoms with Crippen molar-refractivity contribution in [1.82, 2.24) is 14.9 Å². The second-order valence-electron chi connectivity index (χ2n) is 5.27. The molecule has 1 fully saturated rings. The van der Waals surface area contributed by atoms with Crippen molar-refractivity contribution in [2.24, 2.45) is 0 Å².